The molecule has 3 nitrogen and oxygen atoms in total. The molecule has 2 heterocycles. The van der Waals surface area contributed by atoms with Gasteiger partial charge in [-0.2, -0.15) is 0 Å². The zero-order chi connectivity index (χ0) is 40.3. The van der Waals surface area contributed by atoms with Gasteiger partial charge in [-0.15, -0.1) is 0 Å². The van der Waals surface area contributed by atoms with Gasteiger partial charge in [-0.1, -0.05) is 164 Å². The average molecular weight is 779 g/mol. The van der Waals surface area contributed by atoms with Crippen molar-refractivity contribution in [2.45, 2.75) is 0 Å². The Bertz CT molecular complexity index is 3560. The second-order valence-electron chi connectivity index (χ2n) is 15.7. The normalized spacial score (nSPS) is 11.6. The monoisotopic (exact) mass is 778 g/mol. The van der Waals surface area contributed by atoms with E-state index in [4.69, 9.17) is 4.42 Å². The summed E-state index contributed by atoms with van der Waals surface area (Å²) in [5.41, 5.74) is 15.5. The Hall–Kier alpha value is -8.14. The van der Waals surface area contributed by atoms with Gasteiger partial charge in [-0.25, -0.2) is 0 Å². The van der Waals surface area contributed by atoms with Crippen molar-refractivity contribution in [3.8, 4) is 39.1 Å². The van der Waals surface area contributed by atoms with E-state index in [1.807, 2.05) is 12.1 Å². The van der Waals surface area contributed by atoms with Gasteiger partial charge < -0.3 is 13.9 Å². The van der Waals surface area contributed by atoms with Gasteiger partial charge in [0.25, 0.3) is 0 Å². The lowest BCUT2D eigenvalue weighted by atomic mass is 10.00. The highest BCUT2D eigenvalue weighted by Gasteiger charge is 2.20. The molecule has 0 aliphatic heterocycles. The number of fused-ring (bicyclic) bond motifs is 7. The van der Waals surface area contributed by atoms with Crippen LogP contribution in [0.5, 0.6) is 0 Å². The first-order chi connectivity index (χ1) is 30.2. The summed E-state index contributed by atoms with van der Waals surface area (Å²) in [6, 6.07) is 82.8. The molecule has 0 atom stereocenters. The molecule has 10 aromatic carbocycles. The minimum atomic E-state index is 0.863. The number of nitrogens with zero attached hydrogens (tertiary/aromatic N) is 2. The molecule has 0 N–H and O–H groups in total. The second-order valence-corrected chi connectivity index (χ2v) is 15.7. The van der Waals surface area contributed by atoms with E-state index in [0.29, 0.717) is 0 Å². The number of hydrogen-bond donors (Lipinski definition) is 0. The predicted molar refractivity (Wildman–Crippen MR) is 257 cm³/mol. The van der Waals surface area contributed by atoms with Crippen molar-refractivity contribution >= 4 is 71.6 Å². The number of aromatic nitrogens is 1. The molecule has 0 aliphatic carbocycles. The summed E-state index contributed by atoms with van der Waals surface area (Å²) in [5.74, 6) is 0. The van der Waals surface area contributed by atoms with E-state index >= 15 is 0 Å². The van der Waals surface area contributed by atoms with Crippen LogP contribution in [-0.2, 0) is 0 Å². The molecule has 0 saturated carbocycles. The van der Waals surface area contributed by atoms with Crippen molar-refractivity contribution < 1.29 is 4.42 Å². The Labute approximate surface area is 353 Å². The zero-order valence-electron chi connectivity index (χ0n) is 33.2. The molecule has 0 amide bonds. The highest BCUT2D eigenvalue weighted by atomic mass is 16.3. The fourth-order valence-electron chi connectivity index (χ4n) is 9.17. The van der Waals surface area contributed by atoms with E-state index in [0.717, 1.165) is 55.8 Å². The lowest BCUT2D eigenvalue weighted by Crippen LogP contribution is -2.10. The van der Waals surface area contributed by atoms with Gasteiger partial charge in [0.15, 0.2) is 5.58 Å². The van der Waals surface area contributed by atoms with Crippen LogP contribution in [-0.4, -0.2) is 4.57 Å². The van der Waals surface area contributed by atoms with Crippen molar-refractivity contribution in [2.24, 2.45) is 0 Å². The van der Waals surface area contributed by atoms with E-state index in [9.17, 15) is 0 Å². The summed E-state index contributed by atoms with van der Waals surface area (Å²) in [6.07, 6.45) is 0. The minimum Gasteiger partial charge on any atom is -0.454 e. The quantitative estimate of drug-likeness (QED) is 0.161. The Morgan fingerprint density at radius 3 is 1.61 bits per heavy atom. The van der Waals surface area contributed by atoms with Crippen LogP contribution < -0.4 is 4.90 Å². The third-order valence-corrected chi connectivity index (χ3v) is 12.2. The lowest BCUT2D eigenvalue weighted by molar-refractivity contribution is 0.669. The number of para-hydroxylation sites is 3. The van der Waals surface area contributed by atoms with Crippen LogP contribution >= 0.6 is 0 Å². The van der Waals surface area contributed by atoms with Crippen LogP contribution in [0.3, 0.4) is 0 Å². The molecule has 61 heavy (non-hydrogen) atoms. The maximum absolute atomic E-state index is 6.63. The highest BCUT2D eigenvalue weighted by molar-refractivity contribution is 6.12. The Morgan fingerprint density at radius 1 is 0.328 bits per heavy atom. The molecule has 0 spiro atoms. The largest absolute Gasteiger partial charge is 0.454 e. The molecule has 3 heteroatoms. The summed E-state index contributed by atoms with van der Waals surface area (Å²) in [5, 5.41) is 7.16. The molecular formula is C58H38N2O. The molecule has 0 saturated heterocycles. The first-order valence-corrected chi connectivity index (χ1v) is 20.8. The number of furan rings is 1. The average Bonchev–Trinajstić information content (AvgIpc) is 3.88. The first kappa shape index (κ1) is 34.9. The third-order valence-electron chi connectivity index (χ3n) is 12.2. The molecule has 12 aromatic rings. The van der Waals surface area contributed by atoms with E-state index in [2.05, 4.69) is 228 Å². The van der Waals surface area contributed by atoms with E-state index in [1.54, 1.807) is 0 Å². The Morgan fingerprint density at radius 2 is 0.869 bits per heavy atom. The van der Waals surface area contributed by atoms with Gasteiger partial charge in [0, 0.05) is 38.6 Å². The lowest BCUT2D eigenvalue weighted by Gasteiger charge is -2.26. The molecule has 0 fully saturated rings. The SMILES string of the molecule is c1ccc(-c2ccc(-c3ccc(N(c4ccc(-c5ccc6c(c5)c5ccccc5n6-c5ccc6ccccc6c5)cc4)c4cccc5c4oc4ccccc45)cc3)cc2)cc1. The predicted octanol–water partition coefficient (Wildman–Crippen LogP) is 16.3. The number of benzene rings is 10. The molecule has 2 aromatic heterocycles. The Balaban J connectivity index is 0.938. The summed E-state index contributed by atoms with van der Waals surface area (Å²) >= 11 is 0. The van der Waals surface area contributed by atoms with Gasteiger partial charge in [0.2, 0.25) is 0 Å². The molecule has 0 bridgehead atoms. The van der Waals surface area contributed by atoms with Crippen LogP contribution in [0.4, 0.5) is 17.1 Å². The molecule has 286 valence electrons. The van der Waals surface area contributed by atoms with Crippen LogP contribution in [0.25, 0.3) is 93.6 Å². The van der Waals surface area contributed by atoms with Crippen LogP contribution in [0.15, 0.2) is 235 Å². The van der Waals surface area contributed by atoms with Gasteiger partial charge >= 0.3 is 0 Å². The molecule has 0 radical (unpaired) electrons. The van der Waals surface area contributed by atoms with Crippen molar-refractivity contribution in [1.82, 2.24) is 4.57 Å². The van der Waals surface area contributed by atoms with Gasteiger partial charge in [0.1, 0.15) is 5.58 Å². The highest BCUT2D eigenvalue weighted by Crippen LogP contribution is 2.43. The summed E-state index contributed by atoms with van der Waals surface area (Å²) in [4.78, 5) is 2.32. The molecule has 0 unspecified atom stereocenters. The van der Waals surface area contributed by atoms with Crippen LogP contribution in [0.1, 0.15) is 0 Å². The van der Waals surface area contributed by atoms with Gasteiger partial charge in [-0.05, 0) is 111 Å². The van der Waals surface area contributed by atoms with E-state index in [1.165, 1.54) is 54.8 Å². The smallest absolute Gasteiger partial charge is 0.159 e. The number of hydrogen-bond acceptors (Lipinski definition) is 2. The topological polar surface area (TPSA) is 21.3 Å². The van der Waals surface area contributed by atoms with Crippen LogP contribution in [0.2, 0.25) is 0 Å². The van der Waals surface area contributed by atoms with Crippen molar-refractivity contribution in [1.29, 1.82) is 0 Å². The third kappa shape index (κ3) is 5.98. The summed E-state index contributed by atoms with van der Waals surface area (Å²) < 4.78 is 9.02. The maximum atomic E-state index is 6.63. The minimum absolute atomic E-state index is 0.863. The zero-order valence-corrected chi connectivity index (χ0v) is 33.2. The van der Waals surface area contributed by atoms with Crippen molar-refractivity contribution in [2.75, 3.05) is 4.90 Å². The Kier molecular flexibility index (Phi) is 8.17. The van der Waals surface area contributed by atoms with Crippen LogP contribution in [0, 0.1) is 0 Å². The molecular weight excluding hydrogens is 741 g/mol. The van der Waals surface area contributed by atoms with Gasteiger partial charge in [-0.3, -0.25) is 0 Å². The van der Waals surface area contributed by atoms with Crippen molar-refractivity contribution in [3.63, 3.8) is 0 Å². The fourth-order valence-corrected chi connectivity index (χ4v) is 9.17. The summed E-state index contributed by atoms with van der Waals surface area (Å²) in [7, 11) is 0. The standard InChI is InChI=1S/C58H38N2O/c1-2-11-39(12-3-1)41-21-23-42(24-22-41)43-25-31-47(32-26-43)59(56-19-10-17-52-51-16-7-9-20-57(51)61-58(52)56)48-33-27-44(28-34-48)46-30-36-55-53(38-46)50-15-6-8-18-54(50)60(55)49-35-29-40-13-4-5-14-45(40)37-49/h1-38H. The number of rotatable bonds is 7. The van der Waals surface area contributed by atoms with Gasteiger partial charge in [0.05, 0.1) is 16.7 Å². The molecule has 0 aliphatic rings. The first-order valence-electron chi connectivity index (χ1n) is 20.8. The molecule has 12 rings (SSSR count). The van der Waals surface area contributed by atoms with Crippen molar-refractivity contribution in [3.05, 3.63) is 231 Å². The fraction of sp³-hybridized carbons (Fsp3) is 0. The summed E-state index contributed by atoms with van der Waals surface area (Å²) in [6.45, 7) is 0. The van der Waals surface area contributed by atoms with E-state index < -0.39 is 0 Å². The second kappa shape index (κ2) is 14.3. The van der Waals surface area contributed by atoms with E-state index in [-0.39, 0.29) is 0 Å². The number of anilines is 3. The maximum Gasteiger partial charge on any atom is 0.159 e.